The minimum absolute atomic E-state index is 0. The second-order valence-electron chi connectivity index (χ2n) is 4.87. The molecule has 0 saturated heterocycles. The van der Waals surface area contributed by atoms with E-state index in [1.54, 1.807) is 0 Å². The van der Waals surface area contributed by atoms with E-state index in [4.69, 9.17) is 6.42 Å². The Balaban J connectivity index is 0.000000522. The smallest absolute Gasteiger partial charge is 0.694 e. The molecule has 0 N–H and O–H groups in total. The number of rotatable bonds is 3. The SMILES string of the molecule is [Au+].[C-]#CCC.c1ccc(P(c2ccccc2)c2ccccc2)cc1. The summed E-state index contributed by atoms with van der Waals surface area (Å²) in [6.07, 6.45) is 6.94. The van der Waals surface area contributed by atoms with E-state index < -0.39 is 7.92 Å². The third-order valence-corrected chi connectivity index (χ3v) is 5.66. The van der Waals surface area contributed by atoms with Gasteiger partial charge in [0.2, 0.25) is 0 Å². The van der Waals surface area contributed by atoms with Gasteiger partial charge in [0.05, 0.1) is 0 Å². The van der Waals surface area contributed by atoms with E-state index in [9.17, 15) is 0 Å². The van der Waals surface area contributed by atoms with Gasteiger partial charge in [-0.3, -0.25) is 0 Å². The van der Waals surface area contributed by atoms with Crippen LogP contribution in [0.3, 0.4) is 0 Å². The van der Waals surface area contributed by atoms with Crippen LogP contribution in [-0.2, 0) is 22.4 Å². The van der Waals surface area contributed by atoms with Crippen LogP contribution in [0, 0.1) is 12.3 Å². The Morgan fingerprint density at radius 1 is 0.667 bits per heavy atom. The van der Waals surface area contributed by atoms with Gasteiger partial charge in [0.25, 0.3) is 0 Å². The third kappa shape index (κ3) is 6.12. The zero-order chi connectivity index (χ0) is 16.3. The molecule has 0 nitrogen and oxygen atoms in total. The Hall–Kier alpha value is -1.61. The van der Waals surface area contributed by atoms with Crippen molar-refractivity contribution >= 4 is 23.8 Å². The molecule has 3 aromatic rings. The Bertz CT molecular complexity index is 624. The molecule has 0 atom stereocenters. The van der Waals surface area contributed by atoms with Crippen LogP contribution >= 0.6 is 7.92 Å². The first-order chi connectivity index (χ1) is 11.4. The predicted octanol–water partition coefficient (Wildman–Crippen LogP) is 4.43. The van der Waals surface area contributed by atoms with Crippen LogP contribution in [0.25, 0.3) is 0 Å². The van der Waals surface area contributed by atoms with Gasteiger partial charge in [0.1, 0.15) is 0 Å². The third-order valence-electron chi connectivity index (χ3n) is 3.22. The van der Waals surface area contributed by atoms with Crippen molar-refractivity contribution in [2.45, 2.75) is 13.3 Å². The summed E-state index contributed by atoms with van der Waals surface area (Å²) in [6.45, 7) is 1.88. The van der Waals surface area contributed by atoms with E-state index in [1.165, 1.54) is 15.9 Å². The van der Waals surface area contributed by atoms with Gasteiger partial charge in [-0.25, -0.2) is 0 Å². The average molecular weight is 512 g/mol. The minimum Gasteiger partial charge on any atom is -0.694 e. The summed E-state index contributed by atoms with van der Waals surface area (Å²) in [7, 11) is -0.446. The monoisotopic (exact) mass is 512 g/mol. The fraction of sp³-hybridized carbons (Fsp3) is 0.0909. The molecule has 0 saturated carbocycles. The van der Waals surface area contributed by atoms with Crippen LogP contribution < -0.4 is 15.9 Å². The van der Waals surface area contributed by atoms with Crippen molar-refractivity contribution in [1.29, 1.82) is 0 Å². The summed E-state index contributed by atoms with van der Waals surface area (Å²) < 4.78 is 0. The summed E-state index contributed by atoms with van der Waals surface area (Å²) in [5.41, 5.74) is 0. The molecule has 0 bridgehead atoms. The van der Waals surface area contributed by atoms with Crippen molar-refractivity contribution in [2.24, 2.45) is 0 Å². The van der Waals surface area contributed by atoms with E-state index in [2.05, 4.69) is 96.9 Å². The van der Waals surface area contributed by atoms with E-state index in [1.807, 2.05) is 6.92 Å². The van der Waals surface area contributed by atoms with Crippen molar-refractivity contribution in [3.05, 3.63) is 97.4 Å². The van der Waals surface area contributed by atoms with Gasteiger partial charge in [0, 0.05) is 0 Å². The fourth-order valence-corrected chi connectivity index (χ4v) is 4.48. The van der Waals surface area contributed by atoms with Gasteiger partial charge in [-0.15, -0.1) is 0 Å². The maximum Gasteiger partial charge on any atom is 1.00 e. The van der Waals surface area contributed by atoms with Crippen molar-refractivity contribution < 1.29 is 22.4 Å². The van der Waals surface area contributed by atoms with Crippen LogP contribution in [0.4, 0.5) is 0 Å². The molecule has 0 aromatic heterocycles. The Labute approximate surface area is 162 Å². The molecule has 0 fully saturated rings. The van der Waals surface area contributed by atoms with E-state index in [0.29, 0.717) is 0 Å². The summed E-state index contributed by atoms with van der Waals surface area (Å²) in [5.74, 6) is 2.18. The van der Waals surface area contributed by atoms with Gasteiger partial charge in [-0.2, -0.15) is 0 Å². The summed E-state index contributed by atoms with van der Waals surface area (Å²) >= 11 is 0. The zero-order valence-corrected chi connectivity index (χ0v) is 16.7. The number of benzene rings is 3. The van der Waals surface area contributed by atoms with Gasteiger partial charge in [-0.05, 0) is 30.3 Å². The Kier molecular flexibility index (Phi) is 10.1. The molecule has 3 aromatic carbocycles. The van der Waals surface area contributed by atoms with Crippen molar-refractivity contribution in [3.63, 3.8) is 0 Å². The molecular weight excluding hydrogens is 492 g/mol. The molecule has 0 radical (unpaired) electrons. The van der Waals surface area contributed by atoms with Gasteiger partial charge in [0.15, 0.2) is 0 Å². The van der Waals surface area contributed by atoms with Gasteiger partial charge < -0.3 is 12.3 Å². The van der Waals surface area contributed by atoms with Crippen LogP contribution in [0.15, 0.2) is 91.0 Å². The zero-order valence-electron chi connectivity index (χ0n) is 13.6. The Morgan fingerprint density at radius 3 is 1.12 bits per heavy atom. The number of hydrogen-bond donors (Lipinski definition) is 0. The number of hydrogen-bond acceptors (Lipinski definition) is 0. The molecule has 0 aliphatic rings. The van der Waals surface area contributed by atoms with Gasteiger partial charge in [-0.1, -0.05) is 97.9 Å². The fourth-order valence-electron chi connectivity index (χ4n) is 2.18. The molecule has 2 heteroatoms. The summed E-state index contributed by atoms with van der Waals surface area (Å²) in [5, 5.41) is 4.19. The van der Waals surface area contributed by atoms with Crippen molar-refractivity contribution in [2.75, 3.05) is 0 Å². The second-order valence-corrected chi connectivity index (χ2v) is 7.09. The molecule has 24 heavy (non-hydrogen) atoms. The molecular formula is C22H20AuP. The molecule has 0 unspecified atom stereocenters. The topological polar surface area (TPSA) is 0 Å². The van der Waals surface area contributed by atoms with Gasteiger partial charge >= 0.3 is 22.4 Å². The Morgan fingerprint density at radius 2 is 0.917 bits per heavy atom. The molecule has 0 amide bonds. The van der Waals surface area contributed by atoms with Crippen LogP contribution in [-0.4, -0.2) is 0 Å². The van der Waals surface area contributed by atoms with Crippen LogP contribution in [0.2, 0.25) is 0 Å². The first-order valence-corrected chi connectivity index (χ1v) is 9.06. The van der Waals surface area contributed by atoms with E-state index in [-0.39, 0.29) is 22.4 Å². The first-order valence-electron chi connectivity index (χ1n) is 7.71. The molecule has 124 valence electrons. The molecule has 0 aliphatic carbocycles. The second kappa shape index (κ2) is 11.9. The van der Waals surface area contributed by atoms with E-state index >= 15 is 0 Å². The average Bonchev–Trinajstić information content (AvgIpc) is 2.65. The first kappa shape index (κ1) is 20.4. The molecule has 0 heterocycles. The standard InChI is InChI=1S/C18H15P.C4H5.Au/c1-4-10-16(11-5-1)19(17-12-6-2-7-13-17)18-14-8-3-9-15-18;1-3-4-2;/h1-15H;3H2,1H3;/q;-1;+1. The maximum absolute atomic E-state index is 6.20. The quantitative estimate of drug-likeness (QED) is 0.211. The summed E-state index contributed by atoms with van der Waals surface area (Å²) in [4.78, 5) is 0. The largest absolute Gasteiger partial charge is 1.00 e. The van der Waals surface area contributed by atoms with Crippen LogP contribution in [0.1, 0.15) is 13.3 Å². The van der Waals surface area contributed by atoms with Crippen LogP contribution in [0.5, 0.6) is 0 Å². The maximum atomic E-state index is 6.20. The minimum atomic E-state index is -0.446. The normalized spacial score (nSPS) is 9.21. The van der Waals surface area contributed by atoms with Crippen molar-refractivity contribution in [1.82, 2.24) is 0 Å². The molecule has 0 spiro atoms. The molecule has 0 aliphatic heterocycles. The molecule has 3 rings (SSSR count). The van der Waals surface area contributed by atoms with Crippen molar-refractivity contribution in [3.8, 4) is 5.92 Å². The summed E-state index contributed by atoms with van der Waals surface area (Å²) in [6, 6.07) is 32.3. The predicted molar refractivity (Wildman–Crippen MR) is 103 cm³/mol. The van der Waals surface area contributed by atoms with E-state index in [0.717, 1.165) is 6.42 Å².